The van der Waals surface area contributed by atoms with Crippen LogP contribution in [-0.4, -0.2) is 22.6 Å². The number of nitrogens with one attached hydrogen (secondary N) is 1. The highest BCUT2D eigenvalue weighted by molar-refractivity contribution is 5.31. The van der Waals surface area contributed by atoms with Crippen LogP contribution < -0.4 is 10.1 Å². The van der Waals surface area contributed by atoms with Crippen LogP contribution in [0.4, 0.5) is 5.95 Å². The molecular weight excluding hydrogens is 214 g/mol. The van der Waals surface area contributed by atoms with Gasteiger partial charge in [0.25, 0.3) is 0 Å². The average Bonchev–Trinajstić information content (AvgIpc) is 2.78. The van der Waals surface area contributed by atoms with Crippen LogP contribution in [0, 0.1) is 6.92 Å². The maximum absolute atomic E-state index is 5.55. The standard InChI is InChI=1S/C13H21N3O/c1-3-8-17-12-9-10(2)14-13(16-12)15-11-6-4-5-7-11/h9,11H,3-8H2,1-2H3,(H,14,15,16). The Hall–Kier alpha value is -1.32. The smallest absolute Gasteiger partial charge is 0.226 e. The maximum atomic E-state index is 5.55. The normalized spacial score (nSPS) is 16.1. The zero-order chi connectivity index (χ0) is 12.1. The van der Waals surface area contributed by atoms with Gasteiger partial charge in [-0.1, -0.05) is 19.8 Å². The molecule has 0 unspecified atom stereocenters. The Morgan fingerprint density at radius 1 is 1.35 bits per heavy atom. The van der Waals surface area contributed by atoms with E-state index in [0.29, 0.717) is 24.5 Å². The third kappa shape index (κ3) is 3.58. The van der Waals surface area contributed by atoms with Gasteiger partial charge in [-0.15, -0.1) is 0 Å². The van der Waals surface area contributed by atoms with E-state index in [0.717, 1.165) is 12.1 Å². The van der Waals surface area contributed by atoms with Crippen LogP contribution in [0.3, 0.4) is 0 Å². The van der Waals surface area contributed by atoms with Crippen molar-refractivity contribution < 1.29 is 4.74 Å². The van der Waals surface area contributed by atoms with E-state index in [-0.39, 0.29) is 0 Å². The quantitative estimate of drug-likeness (QED) is 0.852. The van der Waals surface area contributed by atoms with Gasteiger partial charge in [0, 0.05) is 17.8 Å². The molecule has 0 radical (unpaired) electrons. The van der Waals surface area contributed by atoms with E-state index in [2.05, 4.69) is 22.2 Å². The fraction of sp³-hybridized carbons (Fsp3) is 0.692. The molecule has 1 aliphatic carbocycles. The molecule has 1 aromatic heterocycles. The minimum absolute atomic E-state index is 0.538. The first-order valence-corrected chi connectivity index (χ1v) is 6.53. The first-order chi connectivity index (χ1) is 8.28. The zero-order valence-electron chi connectivity index (χ0n) is 10.7. The summed E-state index contributed by atoms with van der Waals surface area (Å²) in [5.41, 5.74) is 0.951. The van der Waals surface area contributed by atoms with Crippen LogP contribution in [-0.2, 0) is 0 Å². The molecule has 1 saturated carbocycles. The van der Waals surface area contributed by atoms with Crippen molar-refractivity contribution in [1.29, 1.82) is 0 Å². The van der Waals surface area contributed by atoms with Crippen LogP contribution in [0.25, 0.3) is 0 Å². The fourth-order valence-corrected chi connectivity index (χ4v) is 2.14. The lowest BCUT2D eigenvalue weighted by Crippen LogP contribution is -2.17. The van der Waals surface area contributed by atoms with E-state index in [9.17, 15) is 0 Å². The summed E-state index contributed by atoms with van der Waals surface area (Å²) in [4.78, 5) is 8.79. The van der Waals surface area contributed by atoms with Gasteiger partial charge < -0.3 is 10.1 Å². The van der Waals surface area contributed by atoms with Crippen molar-refractivity contribution in [2.75, 3.05) is 11.9 Å². The van der Waals surface area contributed by atoms with Crippen molar-refractivity contribution in [3.63, 3.8) is 0 Å². The Bertz CT molecular complexity index is 362. The van der Waals surface area contributed by atoms with E-state index in [1.807, 2.05) is 13.0 Å². The van der Waals surface area contributed by atoms with Crippen LogP contribution in [0.2, 0.25) is 0 Å². The summed E-state index contributed by atoms with van der Waals surface area (Å²) in [6, 6.07) is 2.42. The minimum Gasteiger partial charge on any atom is -0.478 e. The lowest BCUT2D eigenvalue weighted by molar-refractivity contribution is 0.305. The van der Waals surface area contributed by atoms with E-state index >= 15 is 0 Å². The molecule has 0 atom stereocenters. The Morgan fingerprint density at radius 2 is 2.12 bits per heavy atom. The number of hydrogen-bond acceptors (Lipinski definition) is 4. The first kappa shape index (κ1) is 12.1. The molecule has 1 N–H and O–H groups in total. The summed E-state index contributed by atoms with van der Waals surface area (Å²) in [7, 11) is 0. The lowest BCUT2D eigenvalue weighted by atomic mass is 10.2. The summed E-state index contributed by atoms with van der Waals surface area (Å²) in [5.74, 6) is 1.39. The third-order valence-corrected chi connectivity index (χ3v) is 2.97. The summed E-state index contributed by atoms with van der Waals surface area (Å²) in [6.07, 6.45) is 6.06. The number of hydrogen-bond donors (Lipinski definition) is 1. The monoisotopic (exact) mass is 235 g/mol. The molecule has 1 aliphatic rings. The van der Waals surface area contributed by atoms with Crippen LogP contribution in [0.15, 0.2) is 6.07 Å². The molecule has 1 fully saturated rings. The van der Waals surface area contributed by atoms with Crippen molar-refractivity contribution in [3.8, 4) is 5.88 Å². The second-order valence-corrected chi connectivity index (χ2v) is 4.65. The summed E-state index contributed by atoms with van der Waals surface area (Å²) < 4.78 is 5.55. The van der Waals surface area contributed by atoms with E-state index in [4.69, 9.17) is 4.74 Å². The number of rotatable bonds is 5. The molecule has 0 saturated heterocycles. The highest BCUT2D eigenvalue weighted by Crippen LogP contribution is 2.21. The summed E-state index contributed by atoms with van der Waals surface area (Å²) in [6.45, 7) is 4.77. The van der Waals surface area contributed by atoms with Gasteiger partial charge in [-0.3, -0.25) is 0 Å². The molecule has 4 nitrogen and oxygen atoms in total. The van der Waals surface area contributed by atoms with Gasteiger partial charge in [0.2, 0.25) is 11.8 Å². The van der Waals surface area contributed by atoms with E-state index in [1.165, 1.54) is 25.7 Å². The van der Waals surface area contributed by atoms with Gasteiger partial charge in [0.05, 0.1) is 6.61 Å². The zero-order valence-corrected chi connectivity index (χ0v) is 10.7. The SMILES string of the molecule is CCCOc1cc(C)nc(NC2CCCC2)n1. The molecule has 1 heterocycles. The number of aryl methyl sites for hydroxylation is 1. The Balaban J connectivity index is 2.02. The number of nitrogens with zero attached hydrogens (tertiary/aromatic N) is 2. The van der Waals surface area contributed by atoms with Gasteiger partial charge in [0.15, 0.2) is 0 Å². The van der Waals surface area contributed by atoms with Crippen molar-refractivity contribution in [2.45, 2.75) is 52.0 Å². The Labute approximate surface area is 103 Å². The molecule has 2 rings (SSSR count). The van der Waals surface area contributed by atoms with Crippen LogP contribution >= 0.6 is 0 Å². The van der Waals surface area contributed by atoms with E-state index in [1.54, 1.807) is 0 Å². The largest absolute Gasteiger partial charge is 0.478 e. The van der Waals surface area contributed by atoms with Crippen molar-refractivity contribution >= 4 is 5.95 Å². The molecule has 0 bridgehead atoms. The molecule has 1 aromatic rings. The molecular formula is C13H21N3O. The van der Waals surface area contributed by atoms with Gasteiger partial charge in [0.1, 0.15) is 0 Å². The van der Waals surface area contributed by atoms with Gasteiger partial charge in [-0.05, 0) is 26.2 Å². The van der Waals surface area contributed by atoms with Crippen molar-refractivity contribution in [1.82, 2.24) is 9.97 Å². The molecule has 4 heteroatoms. The van der Waals surface area contributed by atoms with Gasteiger partial charge in [-0.2, -0.15) is 4.98 Å². The molecule has 0 amide bonds. The predicted molar refractivity (Wildman–Crippen MR) is 68.4 cm³/mol. The molecule has 94 valence electrons. The molecule has 0 aromatic carbocycles. The van der Waals surface area contributed by atoms with Gasteiger partial charge in [-0.25, -0.2) is 4.98 Å². The highest BCUT2D eigenvalue weighted by Gasteiger charge is 2.16. The molecule has 0 aliphatic heterocycles. The maximum Gasteiger partial charge on any atom is 0.226 e. The Kier molecular flexibility index (Phi) is 4.18. The number of aromatic nitrogens is 2. The topological polar surface area (TPSA) is 47.0 Å². The second kappa shape index (κ2) is 5.84. The number of ether oxygens (including phenoxy) is 1. The Morgan fingerprint density at radius 3 is 2.82 bits per heavy atom. The van der Waals surface area contributed by atoms with Gasteiger partial charge >= 0.3 is 0 Å². The van der Waals surface area contributed by atoms with Crippen LogP contribution in [0.1, 0.15) is 44.7 Å². The minimum atomic E-state index is 0.538. The van der Waals surface area contributed by atoms with Crippen molar-refractivity contribution in [2.24, 2.45) is 0 Å². The first-order valence-electron chi connectivity index (χ1n) is 6.53. The molecule has 0 spiro atoms. The highest BCUT2D eigenvalue weighted by atomic mass is 16.5. The second-order valence-electron chi connectivity index (χ2n) is 4.65. The average molecular weight is 235 g/mol. The fourth-order valence-electron chi connectivity index (χ4n) is 2.14. The summed E-state index contributed by atoms with van der Waals surface area (Å²) in [5, 5.41) is 3.40. The van der Waals surface area contributed by atoms with Crippen molar-refractivity contribution in [3.05, 3.63) is 11.8 Å². The predicted octanol–water partition coefficient (Wildman–Crippen LogP) is 2.93. The van der Waals surface area contributed by atoms with E-state index < -0.39 is 0 Å². The van der Waals surface area contributed by atoms with Crippen LogP contribution in [0.5, 0.6) is 5.88 Å². The lowest BCUT2D eigenvalue weighted by Gasteiger charge is -2.13. The summed E-state index contributed by atoms with van der Waals surface area (Å²) >= 11 is 0. The third-order valence-electron chi connectivity index (χ3n) is 2.97. The number of anilines is 1. The molecule has 17 heavy (non-hydrogen) atoms.